The van der Waals surface area contributed by atoms with Gasteiger partial charge in [0, 0.05) is 19.1 Å². The number of hydrogen-bond acceptors (Lipinski definition) is 5. The molecule has 21 heavy (non-hydrogen) atoms. The number of hydrogen-bond donors (Lipinski definition) is 2. The molecule has 118 valence electrons. The van der Waals surface area contributed by atoms with Crippen LogP contribution in [0.15, 0.2) is 6.33 Å². The summed E-state index contributed by atoms with van der Waals surface area (Å²) in [4.78, 5) is 14.2. The summed E-state index contributed by atoms with van der Waals surface area (Å²) in [7, 11) is 0. The second-order valence-electron chi connectivity index (χ2n) is 5.99. The lowest BCUT2D eigenvalue weighted by Gasteiger charge is -2.29. The number of carbonyl (C=O) groups excluding carboxylic acids is 1. The van der Waals surface area contributed by atoms with Crippen molar-refractivity contribution in [3.63, 3.8) is 0 Å². The smallest absolute Gasteiger partial charge is 0.234 e. The fourth-order valence-electron chi connectivity index (χ4n) is 2.59. The lowest BCUT2D eigenvalue weighted by atomic mass is 10.1. The maximum absolute atomic E-state index is 12.1. The summed E-state index contributed by atoms with van der Waals surface area (Å²) in [5, 5.41) is 20.5. The van der Waals surface area contributed by atoms with E-state index in [1.807, 2.05) is 11.5 Å². The predicted molar refractivity (Wildman–Crippen MR) is 78.6 cm³/mol. The first-order valence-corrected chi connectivity index (χ1v) is 7.56. The lowest BCUT2D eigenvalue weighted by molar-refractivity contribution is -0.123. The average Bonchev–Trinajstić information content (AvgIpc) is 2.91. The Morgan fingerprint density at radius 1 is 1.43 bits per heavy atom. The molecule has 1 aromatic heterocycles. The van der Waals surface area contributed by atoms with Crippen molar-refractivity contribution in [1.29, 1.82) is 0 Å². The van der Waals surface area contributed by atoms with Crippen molar-refractivity contribution in [3.05, 3.63) is 12.2 Å². The zero-order valence-corrected chi connectivity index (χ0v) is 13.0. The summed E-state index contributed by atoms with van der Waals surface area (Å²) < 4.78 is 1.96. The van der Waals surface area contributed by atoms with Crippen LogP contribution in [-0.4, -0.2) is 56.4 Å². The van der Waals surface area contributed by atoms with Gasteiger partial charge >= 0.3 is 0 Å². The van der Waals surface area contributed by atoms with Gasteiger partial charge in [0.2, 0.25) is 5.91 Å². The second kappa shape index (κ2) is 7.00. The molecule has 0 saturated carbocycles. The molecule has 1 saturated heterocycles. The number of nitrogens with zero attached hydrogens (tertiary/aromatic N) is 4. The van der Waals surface area contributed by atoms with Crippen LogP contribution in [0.1, 0.15) is 51.5 Å². The summed E-state index contributed by atoms with van der Waals surface area (Å²) in [5.41, 5.74) is 0. The SMILES string of the molecule is CC(NC(=O)CN1CCC(O)CC1)c1nncn1C(C)C. The highest BCUT2D eigenvalue weighted by molar-refractivity contribution is 5.78. The van der Waals surface area contributed by atoms with Crippen molar-refractivity contribution in [2.75, 3.05) is 19.6 Å². The molecular formula is C14H25N5O2. The molecule has 1 atom stereocenters. The van der Waals surface area contributed by atoms with E-state index >= 15 is 0 Å². The minimum Gasteiger partial charge on any atom is -0.393 e. The van der Waals surface area contributed by atoms with Crippen molar-refractivity contribution in [3.8, 4) is 0 Å². The van der Waals surface area contributed by atoms with Gasteiger partial charge in [-0.3, -0.25) is 9.69 Å². The third kappa shape index (κ3) is 4.25. The largest absolute Gasteiger partial charge is 0.393 e. The second-order valence-corrected chi connectivity index (χ2v) is 5.99. The maximum Gasteiger partial charge on any atom is 0.234 e. The average molecular weight is 295 g/mol. The number of carbonyl (C=O) groups is 1. The van der Waals surface area contributed by atoms with Crippen LogP contribution in [0.25, 0.3) is 0 Å². The molecule has 0 bridgehead atoms. The Bertz CT molecular complexity index is 466. The van der Waals surface area contributed by atoms with Crippen molar-refractivity contribution in [1.82, 2.24) is 25.0 Å². The Kier molecular flexibility index (Phi) is 5.30. The highest BCUT2D eigenvalue weighted by Crippen LogP contribution is 2.14. The Balaban J connectivity index is 1.86. The number of aromatic nitrogens is 3. The van der Waals surface area contributed by atoms with Crippen molar-refractivity contribution in [2.24, 2.45) is 0 Å². The topological polar surface area (TPSA) is 83.3 Å². The first kappa shape index (κ1) is 15.9. The molecule has 2 rings (SSSR count). The van der Waals surface area contributed by atoms with Crippen LogP contribution in [0, 0.1) is 0 Å². The number of piperidine rings is 1. The number of amides is 1. The maximum atomic E-state index is 12.1. The molecular weight excluding hydrogens is 270 g/mol. The van der Waals surface area contributed by atoms with Gasteiger partial charge < -0.3 is 15.0 Å². The quantitative estimate of drug-likeness (QED) is 0.826. The van der Waals surface area contributed by atoms with Crippen LogP contribution in [0.3, 0.4) is 0 Å². The highest BCUT2D eigenvalue weighted by atomic mass is 16.3. The van der Waals surface area contributed by atoms with Crippen LogP contribution in [0.2, 0.25) is 0 Å². The van der Waals surface area contributed by atoms with E-state index < -0.39 is 0 Å². The molecule has 1 unspecified atom stereocenters. The van der Waals surface area contributed by atoms with E-state index in [1.165, 1.54) is 0 Å². The molecule has 0 aliphatic carbocycles. The summed E-state index contributed by atoms with van der Waals surface area (Å²) in [6, 6.07) is 0.0933. The van der Waals surface area contributed by atoms with Crippen LogP contribution < -0.4 is 5.32 Å². The number of likely N-dealkylation sites (tertiary alicyclic amines) is 1. The molecule has 1 fully saturated rings. The third-order valence-corrected chi connectivity index (χ3v) is 3.85. The Morgan fingerprint density at radius 3 is 2.71 bits per heavy atom. The first-order valence-electron chi connectivity index (χ1n) is 7.56. The van der Waals surface area contributed by atoms with Crippen molar-refractivity contribution >= 4 is 5.91 Å². The van der Waals surface area contributed by atoms with Gasteiger partial charge in [-0.15, -0.1) is 10.2 Å². The Labute approximate surface area is 125 Å². The Hall–Kier alpha value is -1.47. The zero-order valence-electron chi connectivity index (χ0n) is 13.0. The molecule has 1 amide bonds. The number of aliphatic hydroxyl groups excluding tert-OH is 1. The number of nitrogens with one attached hydrogen (secondary N) is 1. The molecule has 0 radical (unpaired) electrons. The van der Waals surface area contributed by atoms with E-state index in [4.69, 9.17) is 0 Å². The van der Waals surface area contributed by atoms with Gasteiger partial charge in [-0.1, -0.05) is 0 Å². The molecule has 1 aliphatic rings. The minimum absolute atomic E-state index is 0.0165. The summed E-state index contributed by atoms with van der Waals surface area (Å²) in [6.07, 6.45) is 2.96. The first-order chi connectivity index (χ1) is 9.97. The van der Waals surface area contributed by atoms with Gasteiger partial charge in [0.15, 0.2) is 5.82 Å². The van der Waals surface area contributed by atoms with E-state index in [9.17, 15) is 9.90 Å². The van der Waals surface area contributed by atoms with Crippen LogP contribution in [0.4, 0.5) is 0 Å². The monoisotopic (exact) mass is 295 g/mol. The van der Waals surface area contributed by atoms with E-state index in [-0.39, 0.29) is 24.1 Å². The highest BCUT2D eigenvalue weighted by Gasteiger charge is 2.21. The lowest BCUT2D eigenvalue weighted by Crippen LogP contribution is -2.43. The summed E-state index contributed by atoms with van der Waals surface area (Å²) >= 11 is 0. The van der Waals surface area contributed by atoms with E-state index in [0.29, 0.717) is 6.54 Å². The Morgan fingerprint density at radius 2 is 2.10 bits per heavy atom. The van der Waals surface area contributed by atoms with E-state index in [2.05, 4.69) is 34.3 Å². The van der Waals surface area contributed by atoms with Gasteiger partial charge in [0.1, 0.15) is 6.33 Å². The standard InChI is InChI=1S/C14H25N5O2/c1-10(2)19-9-15-17-14(19)11(3)16-13(21)8-18-6-4-12(20)5-7-18/h9-12,20H,4-8H2,1-3H3,(H,16,21). The van der Waals surface area contributed by atoms with Gasteiger partial charge in [-0.05, 0) is 33.6 Å². The molecule has 0 spiro atoms. The van der Waals surface area contributed by atoms with Gasteiger partial charge in [0.25, 0.3) is 0 Å². The normalized spacial score (nSPS) is 18.9. The predicted octanol–water partition coefficient (Wildman–Crippen LogP) is 0.493. The van der Waals surface area contributed by atoms with Crippen molar-refractivity contribution in [2.45, 2.75) is 51.8 Å². The molecule has 7 heteroatoms. The molecule has 0 aromatic carbocycles. The minimum atomic E-state index is -0.215. The van der Waals surface area contributed by atoms with Crippen LogP contribution in [-0.2, 0) is 4.79 Å². The van der Waals surface area contributed by atoms with Gasteiger partial charge in [-0.2, -0.15) is 0 Å². The van der Waals surface area contributed by atoms with E-state index in [0.717, 1.165) is 31.8 Å². The van der Waals surface area contributed by atoms with Gasteiger partial charge in [0.05, 0.1) is 18.7 Å². The summed E-state index contributed by atoms with van der Waals surface area (Å²) in [6.45, 7) is 7.94. The van der Waals surface area contributed by atoms with E-state index in [1.54, 1.807) is 6.33 Å². The third-order valence-electron chi connectivity index (χ3n) is 3.85. The fourth-order valence-corrected chi connectivity index (χ4v) is 2.59. The number of aliphatic hydroxyl groups is 1. The molecule has 2 N–H and O–H groups in total. The number of rotatable bonds is 5. The van der Waals surface area contributed by atoms with Crippen LogP contribution in [0.5, 0.6) is 0 Å². The van der Waals surface area contributed by atoms with Crippen LogP contribution >= 0.6 is 0 Å². The summed E-state index contributed by atoms with van der Waals surface area (Å²) in [5.74, 6) is 0.754. The molecule has 1 aliphatic heterocycles. The molecule has 1 aromatic rings. The van der Waals surface area contributed by atoms with Gasteiger partial charge in [-0.25, -0.2) is 0 Å². The van der Waals surface area contributed by atoms with Crippen molar-refractivity contribution < 1.29 is 9.90 Å². The fraction of sp³-hybridized carbons (Fsp3) is 0.786. The molecule has 2 heterocycles. The molecule has 7 nitrogen and oxygen atoms in total. The zero-order chi connectivity index (χ0) is 15.4.